The molecule has 0 saturated carbocycles. The molecular formula is C15H21N3O. The Labute approximate surface area is 114 Å². The molecule has 102 valence electrons. The topological polar surface area (TPSA) is 39.1 Å². The maximum atomic E-state index is 5.80. The van der Waals surface area contributed by atoms with Gasteiger partial charge in [-0.1, -0.05) is 12.1 Å². The number of hydrogen-bond donors (Lipinski definition) is 1. The molecular weight excluding hydrogens is 238 g/mol. The van der Waals surface area contributed by atoms with Crippen LogP contribution in [0.2, 0.25) is 0 Å². The predicted molar refractivity (Wildman–Crippen MR) is 76.4 cm³/mol. The fourth-order valence-electron chi connectivity index (χ4n) is 1.95. The number of ether oxygens (including phenoxy) is 1. The number of rotatable bonds is 6. The van der Waals surface area contributed by atoms with Crippen molar-refractivity contribution in [3.8, 4) is 5.75 Å². The van der Waals surface area contributed by atoms with E-state index in [0.29, 0.717) is 12.6 Å². The van der Waals surface area contributed by atoms with Gasteiger partial charge in [-0.3, -0.25) is 4.68 Å². The van der Waals surface area contributed by atoms with Crippen LogP contribution in [0.25, 0.3) is 0 Å². The molecule has 1 aromatic carbocycles. The zero-order valence-electron chi connectivity index (χ0n) is 11.8. The number of aryl methyl sites for hydroxylation is 1. The van der Waals surface area contributed by atoms with Crippen LogP contribution in [0, 0.1) is 6.92 Å². The van der Waals surface area contributed by atoms with E-state index in [1.807, 2.05) is 30.1 Å². The zero-order chi connectivity index (χ0) is 13.7. The van der Waals surface area contributed by atoms with Crippen molar-refractivity contribution < 1.29 is 4.74 Å². The molecule has 1 unspecified atom stereocenters. The van der Waals surface area contributed by atoms with Crippen LogP contribution in [-0.2, 0) is 6.54 Å². The largest absolute Gasteiger partial charge is 0.491 e. The minimum atomic E-state index is 0.358. The summed E-state index contributed by atoms with van der Waals surface area (Å²) in [6.07, 6.45) is 3.72. The van der Waals surface area contributed by atoms with Crippen LogP contribution in [0.15, 0.2) is 36.7 Å². The molecule has 0 spiro atoms. The van der Waals surface area contributed by atoms with E-state index in [9.17, 15) is 0 Å². The lowest BCUT2D eigenvalue weighted by molar-refractivity contribution is 0.289. The van der Waals surface area contributed by atoms with Crippen LogP contribution in [0.5, 0.6) is 5.75 Å². The van der Waals surface area contributed by atoms with Crippen molar-refractivity contribution in [1.29, 1.82) is 0 Å². The molecule has 1 N–H and O–H groups in total. The minimum Gasteiger partial charge on any atom is -0.491 e. The van der Waals surface area contributed by atoms with E-state index < -0.39 is 0 Å². The van der Waals surface area contributed by atoms with Gasteiger partial charge in [-0.05, 0) is 44.2 Å². The van der Waals surface area contributed by atoms with Crippen molar-refractivity contribution in [2.45, 2.75) is 26.4 Å². The third kappa shape index (κ3) is 3.58. The fraction of sp³-hybridized carbons (Fsp3) is 0.400. The Hall–Kier alpha value is -1.81. The van der Waals surface area contributed by atoms with E-state index in [1.54, 1.807) is 6.20 Å². The molecule has 0 amide bonds. The first-order valence-corrected chi connectivity index (χ1v) is 6.58. The van der Waals surface area contributed by atoms with Gasteiger partial charge >= 0.3 is 0 Å². The van der Waals surface area contributed by atoms with Crippen LogP contribution in [0.4, 0.5) is 0 Å². The standard InChI is InChI=1S/C15H21N3O/c1-12-11-14(13(2)16-3)5-6-15(12)19-10-9-18-8-4-7-17-18/h4-8,11,13,16H,9-10H2,1-3H3. The number of nitrogens with one attached hydrogen (secondary N) is 1. The maximum Gasteiger partial charge on any atom is 0.122 e. The summed E-state index contributed by atoms with van der Waals surface area (Å²) in [7, 11) is 1.97. The number of aromatic nitrogens is 2. The highest BCUT2D eigenvalue weighted by Gasteiger charge is 2.06. The van der Waals surface area contributed by atoms with E-state index in [1.165, 1.54) is 11.1 Å². The van der Waals surface area contributed by atoms with Crippen molar-refractivity contribution in [3.05, 3.63) is 47.8 Å². The van der Waals surface area contributed by atoms with Gasteiger partial charge in [-0.25, -0.2) is 0 Å². The quantitative estimate of drug-likeness (QED) is 0.866. The van der Waals surface area contributed by atoms with Gasteiger partial charge < -0.3 is 10.1 Å². The number of benzene rings is 1. The Morgan fingerprint density at radius 3 is 2.89 bits per heavy atom. The minimum absolute atomic E-state index is 0.358. The molecule has 1 atom stereocenters. The van der Waals surface area contributed by atoms with Crippen LogP contribution in [0.3, 0.4) is 0 Å². The normalized spacial score (nSPS) is 12.4. The summed E-state index contributed by atoms with van der Waals surface area (Å²) < 4.78 is 7.67. The Morgan fingerprint density at radius 2 is 2.26 bits per heavy atom. The van der Waals surface area contributed by atoms with Gasteiger partial charge in [0.2, 0.25) is 0 Å². The van der Waals surface area contributed by atoms with Gasteiger partial charge in [0.25, 0.3) is 0 Å². The predicted octanol–water partition coefficient (Wildman–Crippen LogP) is 2.55. The Bertz CT molecular complexity index is 508. The monoisotopic (exact) mass is 259 g/mol. The lowest BCUT2D eigenvalue weighted by atomic mass is 10.1. The van der Waals surface area contributed by atoms with E-state index in [0.717, 1.165) is 12.3 Å². The highest BCUT2D eigenvalue weighted by atomic mass is 16.5. The first-order valence-electron chi connectivity index (χ1n) is 6.58. The van der Waals surface area contributed by atoms with E-state index in [-0.39, 0.29) is 0 Å². The summed E-state index contributed by atoms with van der Waals surface area (Å²) in [4.78, 5) is 0. The van der Waals surface area contributed by atoms with Crippen LogP contribution in [-0.4, -0.2) is 23.4 Å². The van der Waals surface area contributed by atoms with Crippen LogP contribution >= 0.6 is 0 Å². The molecule has 0 fully saturated rings. The molecule has 0 aliphatic heterocycles. The van der Waals surface area contributed by atoms with Crippen LogP contribution in [0.1, 0.15) is 24.1 Å². The second kappa shape index (κ2) is 6.38. The Kier molecular flexibility index (Phi) is 4.58. The van der Waals surface area contributed by atoms with Gasteiger partial charge in [0, 0.05) is 18.4 Å². The SMILES string of the molecule is CNC(C)c1ccc(OCCn2cccn2)c(C)c1. The molecule has 0 bridgehead atoms. The van der Waals surface area contributed by atoms with E-state index >= 15 is 0 Å². The molecule has 1 aromatic heterocycles. The van der Waals surface area contributed by atoms with Crippen molar-refractivity contribution in [3.63, 3.8) is 0 Å². The molecule has 0 radical (unpaired) electrons. The van der Waals surface area contributed by atoms with E-state index in [4.69, 9.17) is 4.74 Å². The zero-order valence-corrected chi connectivity index (χ0v) is 11.8. The summed E-state index contributed by atoms with van der Waals surface area (Å²) in [5.74, 6) is 0.944. The lowest BCUT2D eigenvalue weighted by Crippen LogP contribution is -2.13. The van der Waals surface area contributed by atoms with Gasteiger partial charge in [0.1, 0.15) is 12.4 Å². The van der Waals surface area contributed by atoms with Gasteiger partial charge in [0.05, 0.1) is 6.54 Å². The molecule has 1 heterocycles. The van der Waals surface area contributed by atoms with Gasteiger partial charge in [-0.2, -0.15) is 5.10 Å². The fourth-order valence-corrected chi connectivity index (χ4v) is 1.95. The highest BCUT2D eigenvalue weighted by Crippen LogP contribution is 2.22. The third-order valence-corrected chi connectivity index (χ3v) is 3.27. The summed E-state index contributed by atoms with van der Waals surface area (Å²) in [6.45, 7) is 5.62. The highest BCUT2D eigenvalue weighted by molar-refractivity contribution is 5.37. The average Bonchev–Trinajstić information content (AvgIpc) is 2.93. The average molecular weight is 259 g/mol. The molecule has 4 heteroatoms. The number of nitrogens with zero attached hydrogens (tertiary/aromatic N) is 2. The van der Waals surface area contributed by atoms with Crippen molar-refractivity contribution in [1.82, 2.24) is 15.1 Å². The Balaban J connectivity index is 1.93. The first kappa shape index (κ1) is 13.6. The smallest absolute Gasteiger partial charge is 0.122 e. The first-order chi connectivity index (χ1) is 9.20. The van der Waals surface area contributed by atoms with E-state index in [2.05, 4.69) is 36.4 Å². The number of hydrogen-bond acceptors (Lipinski definition) is 3. The molecule has 0 saturated heterocycles. The van der Waals surface area contributed by atoms with Gasteiger partial charge in [-0.15, -0.1) is 0 Å². The lowest BCUT2D eigenvalue weighted by Gasteiger charge is -2.14. The molecule has 2 rings (SSSR count). The second-order valence-corrected chi connectivity index (χ2v) is 4.65. The molecule has 4 nitrogen and oxygen atoms in total. The molecule has 0 aliphatic carbocycles. The third-order valence-electron chi connectivity index (χ3n) is 3.27. The Morgan fingerprint density at radius 1 is 1.42 bits per heavy atom. The molecule has 0 aliphatic rings. The summed E-state index contributed by atoms with van der Waals surface area (Å²) >= 11 is 0. The molecule has 2 aromatic rings. The summed E-state index contributed by atoms with van der Waals surface area (Å²) in [5.41, 5.74) is 2.44. The van der Waals surface area contributed by atoms with Gasteiger partial charge in [0.15, 0.2) is 0 Å². The second-order valence-electron chi connectivity index (χ2n) is 4.65. The summed E-state index contributed by atoms with van der Waals surface area (Å²) in [6, 6.07) is 8.60. The van der Waals surface area contributed by atoms with Crippen LogP contribution < -0.4 is 10.1 Å². The van der Waals surface area contributed by atoms with Crippen molar-refractivity contribution in [2.75, 3.05) is 13.7 Å². The summed E-state index contributed by atoms with van der Waals surface area (Å²) in [5, 5.41) is 7.38. The molecule has 19 heavy (non-hydrogen) atoms. The van der Waals surface area contributed by atoms with Crippen molar-refractivity contribution >= 4 is 0 Å². The maximum absolute atomic E-state index is 5.80. The van der Waals surface area contributed by atoms with Crippen molar-refractivity contribution in [2.24, 2.45) is 0 Å².